The predicted octanol–water partition coefficient (Wildman–Crippen LogP) is 14.3. The van der Waals surface area contributed by atoms with Crippen LogP contribution in [0.25, 0.3) is 105 Å². The summed E-state index contributed by atoms with van der Waals surface area (Å²) in [6, 6.07) is -20.8. The van der Waals surface area contributed by atoms with E-state index in [1.165, 1.54) is 24.3 Å². The van der Waals surface area contributed by atoms with Gasteiger partial charge in [0.1, 0.15) is 0 Å². The average molecular weight is 757 g/mol. The van der Waals surface area contributed by atoms with E-state index in [-0.39, 0.29) is 22.3 Å². The standard InChI is InChI=1S/C54H35N3/c1-2-13-36(14-3-1)37-25-27-38(28-26-37)39-29-31-40(32-30-39)55-47-19-8-6-17-44(47)46-35-41(33-34-51(46)55)56-50-22-11-7-18-45(50)54-52(56)23-12-24-53(54)57-48-20-9-4-15-42(48)43-16-5-10-21-49(43)57/h1-35H/i1D,2D,3D,4D,5D,6D,7D,8D,9D,10D,11D,12D,13D,14D,15D,16D,17D,18D,19D,20D,21D,22D,23D,24D,25D,26D,27D,28D,33D,34D,35D. The Kier molecular flexibility index (Phi) is 3.02. The maximum absolute atomic E-state index is 10.2. The summed E-state index contributed by atoms with van der Waals surface area (Å²) in [5, 5.41) is -3.08. The van der Waals surface area contributed by atoms with Crippen LogP contribution in [0.2, 0.25) is 0 Å². The SMILES string of the molecule is [2H]c1c([2H])c([2H])c(-c2c([2H])c([2H])c(-c3ccc(-n4c5c([2H])c([2H])c([2H])c([2H])c5c5c([2H])c(-n6c7c([2H])c([2H])c([2H])c([2H])c7c7c(-n8c9c([2H])c([2H])c([2H])c([2H])c9c9c([2H])c([2H])c([2H])c([2H])c98)c([2H])c([2H])c([2H])c76)c([2H])c([2H])c54)cc3)c([2H])c2[2H])c([2H])c1[2H]. The van der Waals surface area contributed by atoms with E-state index in [9.17, 15) is 16.4 Å². The van der Waals surface area contributed by atoms with Gasteiger partial charge in [0.2, 0.25) is 0 Å². The van der Waals surface area contributed by atoms with Crippen LogP contribution in [0.5, 0.6) is 0 Å². The van der Waals surface area contributed by atoms with Gasteiger partial charge in [-0.1, -0.05) is 145 Å². The molecule has 0 aliphatic carbocycles. The smallest absolute Gasteiger partial charge is 0.0652 e. The van der Waals surface area contributed by atoms with Gasteiger partial charge in [0.15, 0.2) is 0 Å². The first-order valence-corrected chi connectivity index (χ1v) is 17.1. The Morgan fingerprint density at radius 1 is 0.281 bits per heavy atom. The highest BCUT2D eigenvalue weighted by Gasteiger charge is 2.20. The van der Waals surface area contributed by atoms with Crippen LogP contribution in [-0.2, 0) is 0 Å². The fourth-order valence-electron chi connectivity index (χ4n) is 7.20. The zero-order valence-corrected chi connectivity index (χ0v) is 28.7. The molecule has 0 spiro atoms. The molecule has 3 heteroatoms. The molecule has 12 aromatic rings. The molecule has 12 rings (SSSR count). The second-order valence-electron chi connectivity index (χ2n) is 12.6. The molecule has 3 aromatic heterocycles. The summed E-state index contributed by atoms with van der Waals surface area (Å²) in [6.45, 7) is 0. The van der Waals surface area contributed by atoms with E-state index in [4.69, 9.17) is 26.0 Å². The highest BCUT2D eigenvalue weighted by atomic mass is 15.0. The monoisotopic (exact) mass is 756 g/mol. The van der Waals surface area contributed by atoms with Crippen LogP contribution in [0.15, 0.2) is 212 Å². The molecule has 266 valence electrons. The van der Waals surface area contributed by atoms with E-state index >= 15 is 0 Å². The molecule has 0 amide bonds. The van der Waals surface area contributed by atoms with E-state index in [1.807, 2.05) is 0 Å². The van der Waals surface area contributed by atoms with Crippen molar-refractivity contribution < 1.29 is 42.5 Å². The second-order valence-corrected chi connectivity index (χ2v) is 12.6. The predicted molar refractivity (Wildman–Crippen MR) is 240 cm³/mol. The van der Waals surface area contributed by atoms with Gasteiger partial charge in [-0.25, -0.2) is 0 Å². The lowest BCUT2D eigenvalue weighted by Gasteiger charge is -2.12. The third kappa shape index (κ3) is 4.79. The fourth-order valence-corrected chi connectivity index (χ4v) is 7.20. The summed E-state index contributed by atoms with van der Waals surface area (Å²) in [5.74, 6) is 0. The van der Waals surface area contributed by atoms with Gasteiger partial charge < -0.3 is 13.7 Å². The van der Waals surface area contributed by atoms with Crippen molar-refractivity contribution in [3.05, 3.63) is 212 Å². The first-order valence-electron chi connectivity index (χ1n) is 32.6. The molecule has 0 aliphatic heterocycles. The molecule has 3 heterocycles. The highest BCUT2D eigenvalue weighted by molar-refractivity contribution is 6.17. The first kappa shape index (κ1) is 13.8. The Hall–Kier alpha value is -7.62. The number of hydrogen-bond donors (Lipinski definition) is 0. The van der Waals surface area contributed by atoms with Crippen LogP contribution in [0.4, 0.5) is 0 Å². The maximum atomic E-state index is 10.2. The molecule has 57 heavy (non-hydrogen) atoms. The van der Waals surface area contributed by atoms with Crippen molar-refractivity contribution in [3.8, 4) is 39.3 Å². The van der Waals surface area contributed by atoms with Gasteiger partial charge in [-0.3, -0.25) is 0 Å². The Labute approximate surface area is 373 Å². The summed E-state index contributed by atoms with van der Waals surface area (Å²) in [4.78, 5) is 0. The highest BCUT2D eigenvalue weighted by Crippen LogP contribution is 2.41. The van der Waals surface area contributed by atoms with Crippen LogP contribution >= 0.6 is 0 Å². The largest absolute Gasteiger partial charge is 0.309 e. The number of rotatable bonds is 5. The molecule has 0 saturated heterocycles. The maximum Gasteiger partial charge on any atom is 0.0652 e. The number of aromatic nitrogens is 3. The first-order chi connectivity index (χ1) is 41.2. The van der Waals surface area contributed by atoms with E-state index in [0.29, 0.717) is 0 Å². The summed E-state index contributed by atoms with van der Waals surface area (Å²) in [6.07, 6.45) is 0. The Bertz CT molecular complexity index is 5190. The van der Waals surface area contributed by atoms with E-state index in [1.54, 1.807) is 0 Å². The molecule has 0 bridgehead atoms. The third-order valence-corrected chi connectivity index (χ3v) is 9.61. The number of benzene rings is 9. The van der Waals surface area contributed by atoms with Gasteiger partial charge in [0.25, 0.3) is 0 Å². The van der Waals surface area contributed by atoms with Crippen molar-refractivity contribution in [2.75, 3.05) is 0 Å². The third-order valence-electron chi connectivity index (χ3n) is 9.61. The van der Waals surface area contributed by atoms with Crippen molar-refractivity contribution >= 4 is 65.4 Å². The summed E-state index contributed by atoms with van der Waals surface area (Å²) >= 11 is 0. The van der Waals surface area contributed by atoms with Crippen molar-refractivity contribution in [3.63, 3.8) is 0 Å². The van der Waals surface area contributed by atoms with Crippen molar-refractivity contribution in [2.45, 2.75) is 0 Å². The minimum Gasteiger partial charge on any atom is -0.309 e. The molecule has 9 aromatic carbocycles. The van der Waals surface area contributed by atoms with Crippen LogP contribution in [0.3, 0.4) is 0 Å². The van der Waals surface area contributed by atoms with E-state index in [2.05, 4.69) is 0 Å². The molecule has 0 fully saturated rings. The van der Waals surface area contributed by atoms with Crippen LogP contribution in [0, 0.1) is 0 Å². The van der Waals surface area contributed by atoms with Gasteiger partial charge in [-0.2, -0.15) is 0 Å². The molecule has 3 nitrogen and oxygen atoms in total. The lowest BCUT2D eigenvalue weighted by Crippen LogP contribution is -1.97. The average Bonchev–Trinajstić information content (AvgIpc) is 1.52. The fraction of sp³-hybridized carbons (Fsp3) is 0. The minimum absolute atomic E-state index is 0.000474. The normalized spacial score (nSPS) is 19.5. The molecular formula is C54H35N3. The Morgan fingerprint density at radius 2 is 0.737 bits per heavy atom. The van der Waals surface area contributed by atoms with E-state index in [0.717, 1.165) is 13.7 Å². The van der Waals surface area contributed by atoms with Crippen LogP contribution in [0.1, 0.15) is 42.5 Å². The molecule has 0 saturated carbocycles. The van der Waals surface area contributed by atoms with Crippen molar-refractivity contribution in [2.24, 2.45) is 0 Å². The number of nitrogens with zero attached hydrogens (tertiary/aromatic N) is 3. The topological polar surface area (TPSA) is 14.8 Å². The minimum atomic E-state index is -1.02. The summed E-state index contributed by atoms with van der Waals surface area (Å²) in [7, 11) is 0. The summed E-state index contributed by atoms with van der Waals surface area (Å²) in [5.41, 5.74) is -6.36. The molecule has 0 atom stereocenters. The number of hydrogen-bond acceptors (Lipinski definition) is 0. The summed E-state index contributed by atoms with van der Waals surface area (Å²) < 4.78 is 283. The van der Waals surface area contributed by atoms with Gasteiger partial charge in [0, 0.05) is 43.7 Å². The number of fused-ring (bicyclic) bond motifs is 9. The van der Waals surface area contributed by atoms with Crippen molar-refractivity contribution in [1.82, 2.24) is 13.7 Å². The van der Waals surface area contributed by atoms with Gasteiger partial charge >= 0.3 is 0 Å². The quantitative estimate of drug-likeness (QED) is 0.166. The number of para-hydroxylation sites is 4. The zero-order chi connectivity index (χ0) is 64.4. The van der Waals surface area contributed by atoms with Crippen LogP contribution < -0.4 is 0 Å². The van der Waals surface area contributed by atoms with Gasteiger partial charge in [0.05, 0.1) is 81.3 Å². The lowest BCUT2D eigenvalue weighted by atomic mass is 10.0. The van der Waals surface area contributed by atoms with Gasteiger partial charge in [-0.15, -0.1) is 0 Å². The Morgan fingerprint density at radius 3 is 1.39 bits per heavy atom. The molecule has 0 aliphatic rings. The van der Waals surface area contributed by atoms with Crippen molar-refractivity contribution in [1.29, 1.82) is 0 Å². The zero-order valence-electron chi connectivity index (χ0n) is 59.7. The molecule has 0 unspecified atom stereocenters. The second kappa shape index (κ2) is 12.5. The molecule has 0 radical (unpaired) electrons. The van der Waals surface area contributed by atoms with Gasteiger partial charge in [-0.05, 0) is 88.8 Å². The van der Waals surface area contributed by atoms with E-state index < -0.39 is 270 Å². The Balaban J connectivity index is 1.21. The molecular weight excluding hydrogens is 691 g/mol. The molecule has 0 N–H and O–H groups in total. The van der Waals surface area contributed by atoms with Crippen LogP contribution in [-0.4, -0.2) is 13.7 Å². The lowest BCUT2D eigenvalue weighted by molar-refractivity contribution is 1.16.